The lowest BCUT2D eigenvalue weighted by atomic mass is 10.4. The number of unbranched alkanes of at least 4 members (excludes halogenated alkanes) is 1. The molecule has 0 amide bonds. The molecule has 15 heavy (non-hydrogen) atoms. The van der Waals surface area contributed by atoms with Gasteiger partial charge in [0, 0.05) is 26.4 Å². The van der Waals surface area contributed by atoms with Crippen molar-refractivity contribution in [1.82, 2.24) is 0 Å². The number of hydrogen-bond donors (Lipinski definition) is 0. The van der Waals surface area contributed by atoms with Crippen LogP contribution in [0.2, 0.25) is 0 Å². The van der Waals surface area contributed by atoms with Gasteiger partial charge >= 0.3 is 0 Å². The van der Waals surface area contributed by atoms with Crippen molar-refractivity contribution >= 4 is 0 Å². The van der Waals surface area contributed by atoms with Gasteiger partial charge in [0.2, 0.25) is 0 Å². The van der Waals surface area contributed by atoms with E-state index in [1.807, 2.05) is 0 Å². The molecule has 0 atom stereocenters. The van der Waals surface area contributed by atoms with E-state index in [0.717, 1.165) is 52.3 Å². The van der Waals surface area contributed by atoms with E-state index in [4.69, 9.17) is 14.2 Å². The summed E-state index contributed by atoms with van der Waals surface area (Å²) in [6, 6.07) is 0. The van der Waals surface area contributed by atoms with Gasteiger partial charge in [0.1, 0.15) is 0 Å². The van der Waals surface area contributed by atoms with Crippen LogP contribution in [0.15, 0.2) is 0 Å². The highest BCUT2D eigenvalue weighted by Gasteiger charge is 1.91. The topological polar surface area (TPSA) is 27.7 Å². The first kappa shape index (κ1) is 14.9. The van der Waals surface area contributed by atoms with Crippen molar-refractivity contribution in [3.63, 3.8) is 0 Å². The Hall–Kier alpha value is -0.120. The van der Waals surface area contributed by atoms with Crippen LogP contribution in [0.1, 0.15) is 39.5 Å². The Morgan fingerprint density at radius 3 is 1.60 bits per heavy atom. The molecule has 0 aromatic heterocycles. The van der Waals surface area contributed by atoms with Gasteiger partial charge in [-0.3, -0.25) is 0 Å². The van der Waals surface area contributed by atoms with Crippen LogP contribution >= 0.6 is 0 Å². The summed E-state index contributed by atoms with van der Waals surface area (Å²) in [5.41, 5.74) is 0. The molecule has 0 aliphatic heterocycles. The maximum absolute atomic E-state index is 5.39. The van der Waals surface area contributed by atoms with Crippen LogP contribution in [-0.4, -0.2) is 39.6 Å². The first-order valence-corrected chi connectivity index (χ1v) is 6.15. The summed E-state index contributed by atoms with van der Waals surface area (Å²) in [5.74, 6) is 0. The molecule has 0 N–H and O–H groups in total. The van der Waals surface area contributed by atoms with Gasteiger partial charge in [0.15, 0.2) is 0 Å². The highest BCUT2D eigenvalue weighted by atomic mass is 16.5. The van der Waals surface area contributed by atoms with Crippen molar-refractivity contribution in [3.05, 3.63) is 0 Å². The Morgan fingerprint density at radius 1 is 0.533 bits per heavy atom. The van der Waals surface area contributed by atoms with E-state index in [-0.39, 0.29) is 0 Å². The lowest BCUT2D eigenvalue weighted by Gasteiger charge is -2.05. The van der Waals surface area contributed by atoms with E-state index in [2.05, 4.69) is 13.8 Å². The largest absolute Gasteiger partial charge is 0.381 e. The lowest BCUT2D eigenvalue weighted by molar-refractivity contribution is 0.0349. The summed E-state index contributed by atoms with van der Waals surface area (Å²) < 4.78 is 16.1. The molecule has 0 saturated heterocycles. The second-order valence-electron chi connectivity index (χ2n) is 3.54. The predicted octanol–water partition coefficient (Wildman–Crippen LogP) is 2.64. The standard InChI is InChI=1S/C12H26O3/c1-3-5-8-14-11-12-15-10-6-9-13-7-4-2/h3-12H2,1-2H3. The molecule has 0 aromatic carbocycles. The average Bonchev–Trinajstić information content (AvgIpc) is 2.26. The summed E-state index contributed by atoms with van der Waals surface area (Å²) in [6.07, 6.45) is 4.40. The van der Waals surface area contributed by atoms with Crippen LogP contribution in [0.5, 0.6) is 0 Å². The highest BCUT2D eigenvalue weighted by Crippen LogP contribution is 1.89. The van der Waals surface area contributed by atoms with Gasteiger partial charge in [-0.1, -0.05) is 20.3 Å². The summed E-state index contributed by atoms with van der Waals surface area (Å²) in [6.45, 7) is 9.01. The third kappa shape index (κ3) is 13.9. The molecule has 92 valence electrons. The quantitative estimate of drug-likeness (QED) is 0.471. The zero-order valence-corrected chi connectivity index (χ0v) is 10.3. The normalized spacial score (nSPS) is 10.8. The molecule has 0 aliphatic carbocycles. The smallest absolute Gasteiger partial charge is 0.0700 e. The van der Waals surface area contributed by atoms with E-state index in [9.17, 15) is 0 Å². The van der Waals surface area contributed by atoms with Crippen LogP contribution in [0.25, 0.3) is 0 Å². The molecule has 0 aliphatic rings. The monoisotopic (exact) mass is 218 g/mol. The summed E-state index contributed by atoms with van der Waals surface area (Å²) in [4.78, 5) is 0. The Morgan fingerprint density at radius 2 is 1.07 bits per heavy atom. The molecule has 3 nitrogen and oxygen atoms in total. The summed E-state index contributed by atoms with van der Waals surface area (Å²) in [5, 5.41) is 0. The van der Waals surface area contributed by atoms with Crippen LogP contribution in [-0.2, 0) is 14.2 Å². The molecule has 0 spiro atoms. The number of ether oxygens (including phenoxy) is 3. The highest BCUT2D eigenvalue weighted by molar-refractivity contribution is 4.37. The third-order valence-electron chi connectivity index (χ3n) is 1.94. The van der Waals surface area contributed by atoms with Gasteiger partial charge in [-0.15, -0.1) is 0 Å². The molecule has 0 fully saturated rings. The van der Waals surface area contributed by atoms with Gasteiger partial charge in [-0.05, 0) is 19.3 Å². The predicted molar refractivity (Wildman–Crippen MR) is 62.3 cm³/mol. The van der Waals surface area contributed by atoms with Crippen LogP contribution < -0.4 is 0 Å². The molecular formula is C12H26O3. The van der Waals surface area contributed by atoms with Crippen molar-refractivity contribution in [2.75, 3.05) is 39.6 Å². The zero-order valence-electron chi connectivity index (χ0n) is 10.3. The van der Waals surface area contributed by atoms with E-state index in [1.165, 1.54) is 6.42 Å². The minimum absolute atomic E-state index is 0.706. The first-order valence-electron chi connectivity index (χ1n) is 6.15. The van der Waals surface area contributed by atoms with Crippen molar-refractivity contribution in [2.45, 2.75) is 39.5 Å². The van der Waals surface area contributed by atoms with E-state index in [0.29, 0.717) is 6.61 Å². The zero-order chi connectivity index (χ0) is 11.2. The van der Waals surface area contributed by atoms with E-state index in [1.54, 1.807) is 0 Å². The Kier molecular flexibility index (Phi) is 13.8. The van der Waals surface area contributed by atoms with Gasteiger partial charge in [-0.2, -0.15) is 0 Å². The molecule has 3 heteroatoms. The van der Waals surface area contributed by atoms with Crippen molar-refractivity contribution in [1.29, 1.82) is 0 Å². The second-order valence-corrected chi connectivity index (χ2v) is 3.54. The fourth-order valence-electron chi connectivity index (χ4n) is 1.08. The Labute approximate surface area is 94.1 Å². The fraction of sp³-hybridized carbons (Fsp3) is 1.00. The molecule has 0 bridgehead atoms. The van der Waals surface area contributed by atoms with Gasteiger partial charge in [0.25, 0.3) is 0 Å². The first-order chi connectivity index (χ1) is 7.41. The Bertz CT molecular complexity index is 95.0. The van der Waals surface area contributed by atoms with E-state index < -0.39 is 0 Å². The molecule has 0 aromatic rings. The summed E-state index contributed by atoms with van der Waals surface area (Å²) in [7, 11) is 0. The molecular weight excluding hydrogens is 192 g/mol. The van der Waals surface area contributed by atoms with Crippen LogP contribution in [0.4, 0.5) is 0 Å². The maximum Gasteiger partial charge on any atom is 0.0700 e. The van der Waals surface area contributed by atoms with Gasteiger partial charge in [-0.25, -0.2) is 0 Å². The molecule has 0 unspecified atom stereocenters. The minimum atomic E-state index is 0.706. The second kappa shape index (κ2) is 13.9. The van der Waals surface area contributed by atoms with Crippen LogP contribution in [0, 0.1) is 0 Å². The van der Waals surface area contributed by atoms with Crippen molar-refractivity contribution in [2.24, 2.45) is 0 Å². The molecule has 0 heterocycles. The maximum atomic E-state index is 5.39. The van der Waals surface area contributed by atoms with Gasteiger partial charge in [0.05, 0.1) is 13.2 Å². The average molecular weight is 218 g/mol. The molecule has 0 saturated carbocycles. The fourth-order valence-corrected chi connectivity index (χ4v) is 1.08. The Balaban J connectivity index is 2.81. The molecule has 0 rings (SSSR count). The number of hydrogen-bond acceptors (Lipinski definition) is 3. The SMILES string of the molecule is CCCCOCCOCCCOCCC. The van der Waals surface area contributed by atoms with Gasteiger partial charge < -0.3 is 14.2 Å². The van der Waals surface area contributed by atoms with Crippen LogP contribution in [0.3, 0.4) is 0 Å². The molecule has 0 radical (unpaired) electrons. The number of rotatable bonds is 12. The van der Waals surface area contributed by atoms with Crippen molar-refractivity contribution < 1.29 is 14.2 Å². The van der Waals surface area contributed by atoms with Crippen molar-refractivity contribution in [3.8, 4) is 0 Å². The minimum Gasteiger partial charge on any atom is -0.381 e. The van der Waals surface area contributed by atoms with E-state index >= 15 is 0 Å². The lowest BCUT2D eigenvalue weighted by Crippen LogP contribution is -2.07. The summed E-state index contributed by atoms with van der Waals surface area (Å²) >= 11 is 0. The third-order valence-corrected chi connectivity index (χ3v) is 1.94.